The van der Waals surface area contributed by atoms with Gasteiger partial charge in [0.1, 0.15) is 5.01 Å². The summed E-state index contributed by atoms with van der Waals surface area (Å²) in [6.45, 7) is 1.89. The van der Waals surface area contributed by atoms with Crippen LogP contribution in [0, 0.1) is 10.1 Å². The lowest BCUT2D eigenvalue weighted by Crippen LogP contribution is -2.28. The SMILES string of the molecule is CC(NC(=O)c1cc([N+](=O)[O-])cc(N)c1C1CC1)c1cccc(-c2nccs2)c1. The molecule has 29 heavy (non-hydrogen) atoms. The van der Waals surface area contributed by atoms with E-state index in [1.165, 1.54) is 12.1 Å². The van der Waals surface area contributed by atoms with Gasteiger partial charge >= 0.3 is 0 Å². The number of anilines is 1. The summed E-state index contributed by atoms with van der Waals surface area (Å²) >= 11 is 1.55. The first kappa shape index (κ1) is 19.1. The van der Waals surface area contributed by atoms with Gasteiger partial charge in [-0.2, -0.15) is 0 Å². The van der Waals surface area contributed by atoms with Crippen molar-refractivity contribution in [3.63, 3.8) is 0 Å². The third-order valence-electron chi connectivity index (χ3n) is 5.05. The van der Waals surface area contributed by atoms with Crippen molar-refractivity contribution in [2.75, 3.05) is 5.73 Å². The number of non-ortho nitro benzene ring substituents is 1. The lowest BCUT2D eigenvalue weighted by molar-refractivity contribution is -0.384. The molecule has 4 rings (SSSR count). The van der Waals surface area contributed by atoms with Crippen LogP contribution in [-0.4, -0.2) is 15.8 Å². The van der Waals surface area contributed by atoms with E-state index in [2.05, 4.69) is 10.3 Å². The normalized spacial score (nSPS) is 14.4. The number of benzene rings is 2. The number of nitrogen functional groups attached to an aromatic ring is 1. The zero-order valence-electron chi connectivity index (χ0n) is 15.8. The number of carbonyl (C=O) groups excluding carboxylic acids is 1. The Labute approximate surface area is 171 Å². The van der Waals surface area contributed by atoms with Gasteiger partial charge in [-0.3, -0.25) is 14.9 Å². The molecule has 148 valence electrons. The molecule has 1 unspecified atom stereocenters. The summed E-state index contributed by atoms with van der Waals surface area (Å²) in [5, 5.41) is 17.0. The first-order chi connectivity index (χ1) is 13.9. The summed E-state index contributed by atoms with van der Waals surface area (Å²) in [7, 11) is 0. The van der Waals surface area contributed by atoms with Crippen LogP contribution in [-0.2, 0) is 0 Å². The highest BCUT2D eigenvalue weighted by Gasteiger charge is 2.32. The highest BCUT2D eigenvalue weighted by atomic mass is 32.1. The Balaban J connectivity index is 1.61. The number of aromatic nitrogens is 1. The van der Waals surface area contributed by atoms with E-state index in [9.17, 15) is 14.9 Å². The van der Waals surface area contributed by atoms with Gasteiger partial charge in [-0.1, -0.05) is 18.2 Å². The molecule has 1 amide bonds. The first-order valence-electron chi connectivity index (χ1n) is 9.32. The van der Waals surface area contributed by atoms with Crippen LogP contribution in [0.25, 0.3) is 10.6 Å². The standard InChI is InChI=1S/C21H20N4O3S/c1-12(14-3-2-4-15(9-14)21-23-7-8-29-21)24-20(26)17-10-16(25(27)28)11-18(22)19(17)13-5-6-13/h2-4,7-13H,5-6,22H2,1H3,(H,24,26). The molecule has 0 spiro atoms. The number of hydrogen-bond donors (Lipinski definition) is 2. The van der Waals surface area contributed by atoms with Crippen molar-refractivity contribution in [1.29, 1.82) is 0 Å². The fraction of sp³-hybridized carbons (Fsp3) is 0.238. The summed E-state index contributed by atoms with van der Waals surface area (Å²) < 4.78 is 0. The van der Waals surface area contributed by atoms with Crippen molar-refractivity contribution < 1.29 is 9.72 Å². The second-order valence-corrected chi connectivity index (χ2v) is 8.08. The van der Waals surface area contributed by atoms with Gasteiger partial charge in [-0.05, 0) is 42.9 Å². The van der Waals surface area contributed by atoms with Crippen LogP contribution in [0.5, 0.6) is 0 Å². The number of nitrogens with one attached hydrogen (secondary N) is 1. The number of carbonyl (C=O) groups is 1. The van der Waals surface area contributed by atoms with Crippen molar-refractivity contribution in [2.24, 2.45) is 0 Å². The molecule has 0 saturated heterocycles. The Morgan fingerprint density at radius 1 is 1.34 bits per heavy atom. The topological polar surface area (TPSA) is 111 Å². The molecule has 2 aromatic carbocycles. The molecule has 8 heteroatoms. The van der Waals surface area contributed by atoms with Gasteiger partial charge in [0.05, 0.1) is 16.5 Å². The van der Waals surface area contributed by atoms with Crippen LogP contribution in [0.4, 0.5) is 11.4 Å². The van der Waals surface area contributed by atoms with E-state index < -0.39 is 4.92 Å². The van der Waals surface area contributed by atoms with E-state index in [1.54, 1.807) is 17.5 Å². The van der Waals surface area contributed by atoms with Crippen LogP contribution < -0.4 is 11.1 Å². The molecular formula is C21H20N4O3S. The molecule has 1 saturated carbocycles. The van der Waals surface area contributed by atoms with E-state index in [0.717, 1.165) is 34.5 Å². The van der Waals surface area contributed by atoms with E-state index in [1.807, 2.05) is 36.6 Å². The molecule has 1 aromatic heterocycles. The van der Waals surface area contributed by atoms with E-state index in [4.69, 9.17) is 5.73 Å². The summed E-state index contributed by atoms with van der Waals surface area (Å²) in [5.41, 5.74) is 9.13. The minimum atomic E-state index is -0.523. The van der Waals surface area contributed by atoms with Gasteiger partial charge in [0.25, 0.3) is 11.6 Å². The maximum atomic E-state index is 13.0. The van der Waals surface area contributed by atoms with Crippen molar-refractivity contribution in [3.05, 3.63) is 74.8 Å². The van der Waals surface area contributed by atoms with E-state index in [0.29, 0.717) is 11.3 Å². The Hall–Kier alpha value is -3.26. The maximum Gasteiger partial charge on any atom is 0.272 e. The predicted molar refractivity (Wildman–Crippen MR) is 113 cm³/mol. The largest absolute Gasteiger partial charge is 0.398 e. The van der Waals surface area contributed by atoms with Crippen LogP contribution in [0.3, 0.4) is 0 Å². The Morgan fingerprint density at radius 3 is 2.79 bits per heavy atom. The minimum Gasteiger partial charge on any atom is -0.398 e. The number of nitro groups is 1. The smallest absolute Gasteiger partial charge is 0.272 e. The molecule has 0 aliphatic heterocycles. The van der Waals surface area contributed by atoms with Crippen LogP contribution in [0.2, 0.25) is 0 Å². The zero-order chi connectivity index (χ0) is 20.5. The lowest BCUT2D eigenvalue weighted by atomic mass is 9.98. The molecule has 3 aromatic rings. The van der Waals surface area contributed by atoms with Crippen molar-refractivity contribution in [2.45, 2.75) is 31.7 Å². The van der Waals surface area contributed by atoms with E-state index >= 15 is 0 Å². The van der Waals surface area contributed by atoms with Gasteiger partial charge in [-0.25, -0.2) is 4.98 Å². The van der Waals surface area contributed by atoms with Gasteiger partial charge in [0.15, 0.2) is 0 Å². The third kappa shape index (κ3) is 3.97. The molecule has 1 aliphatic carbocycles. The number of rotatable bonds is 6. The summed E-state index contributed by atoms with van der Waals surface area (Å²) in [6.07, 6.45) is 3.63. The van der Waals surface area contributed by atoms with Crippen molar-refractivity contribution >= 4 is 28.6 Å². The molecule has 1 heterocycles. The monoisotopic (exact) mass is 408 g/mol. The average Bonchev–Trinajstić information content (AvgIpc) is 3.39. The number of nitrogens with zero attached hydrogens (tertiary/aromatic N) is 2. The quantitative estimate of drug-likeness (QED) is 0.350. The van der Waals surface area contributed by atoms with Crippen LogP contribution >= 0.6 is 11.3 Å². The molecule has 1 aliphatic rings. The van der Waals surface area contributed by atoms with Gasteiger partial charge < -0.3 is 11.1 Å². The molecular weight excluding hydrogens is 388 g/mol. The van der Waals surface area contributed by atoms with Gasteiger partial charge in [-0.15, -0.1) is 11.3 Å². The number of thiazole rings is 1. The molecule has 1 fully saturated rings. The Bertz CT molecular complexity index is 1080. The fourth-order valence-corrected chi connectivity index (χ4v) is 4.08. The zero-order valence-corrected chi connectivity index (χ0v) is 16.6. The minimum absolute atomic E-state index is 0.171. The second-order valence-electron chi connectivity index (χ2n) is 7.19. The van der Waals surface area contributed by atoms with Crippen LogP contribution in [0.15, 0.2) is 48.0 Å². The van der Waals surface area contributed by atoms with Crippen molar-refractivity contribution in [1.82, 2.24) is 10.3 Å². The number of nitrogens with two attached hydrogens (primary N) is 1. The fourth-order valence-electron chi connectivity index (χ4n) is 3.45. The maximum absolute atomic E-state index is 13.0. The van der Waals surface area contributed by atoms with E-state index in [-0.39, 0.29) is 23.6 Å². The average molecular weight is 408 g/mol. The van der Waals surface area contributed by atoms with Crippen LogP contribution in [0.1, 0.15) is 53.2 Å². The molecule has 0 bridgehead atoms. The van der Waals surface area contributed by atoms with Gasteiger partial charge in [0, 0.05) is 35.0 Å². The Kier molecular flexibility index (Phi) is 5.02. The summed E-state index contributed by atoms with van der Waals surface area (Å²) in [4.78, 5) is 28.1. The first-order valence-corrected chi connectivity index (χ1v) is 10.2. The number of nitro benzene ring substituents is 1. The summed E-state index contributed by atoms with van der Waals surface area (Å²) in [5.74, 6) is -0.158. The predicted octanol–water partition coefficient (Wildman–Crippen LogP) is 4.67. The number of amides is 1. The molecule has 0 radical (unpaired) electrons. The molecule has 1 atom stereocenters. The van der Waals surface area contributed by atoms with Gasteiger partial charge in [0.2, 0.25) is 0 Å². The second kappa shape index (κ2) is 7.63. The number of hydrogen-bond acceptors (Lipinski definition) is 6. The van der Waals surface area contributed by atoms with Crippen molar-refractivity contribution in [3.8, 4) is 10.6 Å². The lowest BCUT2D eigenvalue weighted by Gasteiger charge is -2.17. The Morgan fingerprint density at radius 2 is 2.14 bits per heavy atom. The highest BCUT2D eigenvalue weighted by Crippen LogP contribution is 2.45. The molecule has 7 nitrogen and oxygen atoms in total. The highest BCUT2D eigenvalue weighted by molar-refractivity contribution is 7.13. The third-order valence-corrected chi connectivity index (χ3v) is 5.87. The summed E-state index contributed by atoms with van der Waals surface area (Å²) in [6, 6.07) is 10.2. The molecule has 3 N–H and O–H groups in total.